The standard InChI is InChI=1S/C17H21NO3S/c19-13-11-15-8-3-4-12-18(15)22(20,21)17-10-5-7-14-6-1-2-9-16(14)17/h1-2,5-7,9-10,15,19H,3-4,8,11-13H2. The number of rotatable bonds is 4. The van der Waals surface area contributed by atoms with Crippen LogP contribution >= 0.6 is 0 Å². The van der Waals surface area contributed by atoms with Crippen LogP contribution < -0.4 is 0 Å². The number of benzene rings is 2. The monoisotopic (exact) mass is 319 g/mol. The van der Waals surface area contributed by atoms with Crippen LogP contribution in [0.5, 0.6) is 0 Å². The number of aliphatic hydroxyl groups is 1. The molecule has 22 heavy (non-hydrogen) atoms. The fourth-order valence-corrected chi connectivity index (χ4v) is 5.21. The first-order valence-electron chi connectivity index (χ1n) is 7.75. The molecule has 4 nitrogen and oxygen atoms in total. The van der Waals surface area contributed by atoms with Crippen LogP contribution in [0, 0.1) is 0 Å². The lowest BCUT2D eigenvalue weighted by molar-refractivity contribution is 0.192. The summed E-state index contributed by atoms with van der Waals surface area (Å²) in [7, 11) is -3.54. The quantitative estimate of drug-likeness (QED) is 0.943. The van der Waals surface area contributed by atoms with Crippen molar-refractivity contribution in [3.05, 3.63) is 42.5 Å². The van der Waals surface area contributed by atoms with Gasteiger partial charge >= 0.3 is 0 Å². The van der Waals surface area contributed by atoms with Crippen molar-refractivity contribution in [2.75, 3.05) is 13.2 Å². The highest BCUT2D eigenvalue weighted by atomic mass is 32.2. The van der Waals surface area contributed by atoms with Gasteiger partial charge in [-0.05, 0) is 30.7 Å². The molecule has 1 aliphatic heterocycles. The minimum absolute atomic E-state index is 0.0201. The molecule has 2 aromatic carbocycles. The zero-order chi connectivity index (χ0) is 15.6. The third-order valence-electron chi connectivity index (χ3n) is 4.37. The Balaban J connectivity index is 2.07. The van der Waals surface area contributed by atoms with E-state index >= 15 is 0 Å². The molecule has 1 saturated heterocycles. The van der Waals surface area contributed by atoms with E-state index < -0.39 is 10.0 Å². The molecule has 1 N–H and O–H groups in total. The number of piperidine rings is 1. The summed E-state index contributed by atoms with van der Waals surface area (Å²) < 4.78 is 27.9. The number of fused-ring (bicyclic) bond motifs is 1. The van der Waals surface area contributed by atoms with Crippen molar-refractivity contribution < 1.29 is 13.5 Å². The molecule has 2 aromatic rings. The van der Waals surface area contributed by atoms with Gasteiger partial charge in [0.25, 0.3) is 0 Å². The molecule has 0 bridgehead atoms. The molecule has 1 aliphatic rings. The largest absolute Gasteiger partial charge is 0.396 e. The van der Waals surface area contributed by atoms with Gasteiger partial charge in [0.2, 0.25) is 10.0 Å². The van der Waals surface area contributed by atoms with E-state index in [1.54, 1.807) is 16.4 Å². The molecule has 118 valence electrons. The van der Waals surface area contributed by atoms with Crippen LogP contribution in [0.3, 0.4) is 0 Å². The van der Waals surface area contributed by atoms with E-state index in [0.29, 0.717) is 17.9 Å². The molecule has 0 aromatic heterocycles. The molecule has 0 saturated carbocycles. The molecule has 0 spiro atoms. The van der Waals surface area contributed by atoms with Crippen molar-refractivity contribution in [1.82, 2.24) is 4.31 Å². The van der Waals surface area contributed by atoms with Crippen molar-refractivity contribution >= 4 is 20.8 Å². The minimum Gasteiger partial charge on any atom is -0.396 e. The smallest absolute Gasteiger partial charge is 0.243 e. The van der Waals surface area contributed by atoms with Crippen LogP contribution in [0.1, 0.15) is 25.7 Å². The van der Waals surface area contributed by atoms with E-state index in [1.807, 2.05) is 30.3 Å². The van der Waals surface area contributed by atoms with Crippen LogP contribution in [0.25, 0.3) is 10.8 Å². The van der Waals surface area contributed by atoms with E-state index in [2.05, 4.69) is 0 Å². The topological polar surface area (TPSA) is 57.6 Å². The normalized spacial score (nSPS) is 20.3. The highest BCUT2D eigenvalue weighted by Crippen LogP contribution is 2.30. The second-order valence-electron chi connectivity index (χ2n) is 5.75. The fraction of sp³-hybridized carbons (Fsp3) is 0.412. The Morgan fingerprint density at radius 2 is 1.86 bits per heavy atom. The molecule has 0 amide bonds. The summed E-state index contributed by atoms with van der Waals surface area (Å²) in [6, 6.07) is 12.9. The third-order valence-corrected chi connectivity index (χ3v) is 6.38. The minimum atomic E-state index is -3.54. The highest BCUT2D eigenvalue weighted by Gasteiger charge is 2.33. The summed E-state index contributed by atoms with van der Waals surface area (Å²) >= 11 is 0. The second kappa shape index (κ2) is 6.36. The Morgan fingerprint density at radius 3 is 2.68 bits per heavy atom. The van der Waals surface area contributed by atoms with Crippen molar-refractivity contribution in [2.24, 2.45) is 0 Å². The van der Waals surface area contributed by atoms with Gasteiger partial charge in [-0.25, -0.2) is 8.42 Å². The average molecular weight is 319 g/mol. The summed E-state index contributed by atoms with van der Waals surface area (Å²) in [6.07, 6.45) is 3.23. The Kier molecular flexibility index (Phi) is 4.47. The van der Waals surface area contributed by atoms with Crippen LogP contribution in [-0.4, -0.2) is 37.0 Å². The van der Waals surface area contributed by atoms with E-state index in [4.69, 9.17) is 0 Å². The first-order chi connectivity index (χ1) is 10.6. The summed E-state index contributed by atoms with van der Waals surface area (Å²) in [5.41, 5.74) is 0. The molecule has 1 heterocycles. The SMILES string of the molecule is O=S(=O)(c1cccc2ccccc12)N1CCCCC1CCO. The van der Waals surface area contributed by atoms with Crippen molar-refractivity contribution in [1.29, 1.82) is 0 Å². The molecule has 3 rings (SSSR count). The van der Waals surface area contributed by atoms with Gasteiger partial charge in [0.1, 0.15) is 0 Å². The number of nitrogens with zero attached hydrogens (tertiary/aromatic N) is 1. The van der Waals surface area contributed by atoms with Crippen LogP contribution in [0.2, 0.25) is 0 Å². The average Bonchev–Trinajstić information content (AvgIpc) is 2.55. The third kappa shape index (κ3) is 2.76. The lowest BCUT2D eigenvalue weighted by Crippen LogP contribution is -2.44. The highest BCUT2D eigenvalue weighted by molar-refractivity contribution is 7.89. The predicted molar refractivity (Wildman–Crippen MR) is 87.2 cm³/mol. The van der Waals surface area contributed by atoms with Crippen molar-refractivity contribution in [3.8, 4) is 0 Å². The van der Waals surface area contributed by atoms with Gasteiger partial charge in [0.15, 0.2) is 0 Å². The number of hydrogen-bond acceptors (Lipinski definition) is 3. The maximum atomic E-state index is 13.1. The Bertz CT molecular complexity index is 750. The second-order valence-corrected chi connectivity index (χ2v) is 7.61. The summed E-state index contributed by atoms with van der Waals surface area (Å²) in [4.78, 5) is 0.371. The van der Waals surface area contributed by atoms with Crippen LogP contribution in [0.4, 0.5) is 0 Å². The van der Waals surface area contributed by atoms with E-state index in [-0.39, 0.29) is 12.6 Å². The van der Waals surface area contributed by atoms with E-state index in [0.717, 1.165) is 30.0 Å². The van der Waals surface area contributed by atoms with Crippen LogP contribution in [-0.2, 0) is 10.0 Å². The zero-order valence-corrected chi connectivity index (χ0v) is 13.3. The maximum absolute atomic E-state index is 13.1. The van der Waals surface area contributed by atoms with E-state index in [9.17, 15) is 13.5 Å². The van der Waals surface area contributed by atoms with Gasteiger partial charge in [-0.15, -0.1) is 0 Å². The van der Waals surface area contributed by atoms with Gasteiger partial charge in [0.05, 0.1) is 4.90 Å². The van der Waals surface area contributed by atoms with Gasteiger partial charge in [0, 0.05) is 24.6 Å². The van der Waals surface area contributed by atoms with Crippen molar-refractivity contribution in [3.63, 3.8) is 0 Å². The molecule has 1 fully saturated rings. The number of aliphatic hydroxyl groups excluding tert-OH is 1. The Labute approximate surface area is 131 Å². The molecule has 1 unspecified atom stereocenters. The maximum Gasteiger partial charge on any atom is 0.243 e. The summed E-state index contributed by atoms with van der Waals surface area (Å²) in [5.74, 6) is 0. The Morgan fingerprint density at radius 1 is 1.09 bits per heavy atom. The summed E-state index contributed by atoms with van der Waals surface area (Å²) in [6.45, 7) is 0.558. The molecule has 1 atom stereocenters. The van der Waals surface area contributed by atoms with Crippen LogP contribution in [0.15, 0.2) is 47.4 Å². The Hall–Kier alpha value is -1.43. The first-order valence-corrected chi connectivity index (χ1v) is 9.19. The van der Waals surface area contributed by atoms with Gasteiger partial charge in [-0.2, -0.15) is 4.31 Å². The number of sulfonamides is 1. The molecular weight excluding hydrogens is 298 g/mol. The number of hydrogen-bond donors (Lipinski definition) is 1. The van der Waals surface area contributed by atoms with Crippen molar-refractivity contribution in [2.45, 2.75) is 36.6 Å². The molecule has 0 radical (unpaired) electrons. The van der Waals surface area contributed by atoms with Gasteiger partial charge < -0.3 is 5.11 Å². The van der Waals surface area contributed by atoms with Gasteiger partial charge in [-0.1, -0.05) is 42.8 Å². The summed E-state index contributed by atoms with van der Waals surface area (Å²) in [5, 5.41) is 10.9. The molecular formula is C17H21NO3S. The predicted octanol–water partition coefficient (Wildman–Crippen LogP) is 2.77. The first kappa shape index (κ1) is 15.5. The fourth-order valence-electron chi connectivity index (χ4n) is 3.27. The van der Waals surface area contributed by atoms with E-state index in [1.165, 1.54) is 0 Å². The lowest BCUT2D eigenvalue weighted by Gasteiger charge is -2.34. The molecule has 5 heteroatoms. The lowest BCUT2D eigenvalue weighted by atomic mass is 10.0. The zero-order valence-electron chi connectivity index (χ0n) is 12.5. The van der Waals surface area contributed by atoms with Gasteiger partial charge in [-0.3, -0.25) is 0 Å². The molecule has 0 aliphatic carbocycles.